The second-order valence-corrected chi connectivity index (χ2v) is 3.86. The minimum absolute atomic E-state index is 0.825. The van der Waals surface area contributed by atoms with Crippen molar-refractivity contribution in [3.63, 3.8) is 0 Å². The summed E-state index contributed by atoms with van der Waals surface area (Å²) in [6.45, 7) is 0. The van der Waals surface area contributed by atoms with E-state index in [1.165, 1.54) is 29.3 Å². The Kier molecular flexibility index (Phi) is 1.29. The van der Waals surface area contributed by atoms with Gasteiger partial charge in [-0.2, -0.15) is 0 Å². The van der Waals surface area contributed by atoms with Crippen LogP contribution < -0.4 is 0 Å². The maximum atomic E-state index is 4.15. The largest absolute Gasteiger partial charge is 0.349 e. The van der Waals surface area contributed by atoms with Crippen LogP contribution in [0.2, 0.25) is 0 Å². The molecule has 0 radical (unpaired) electrons. The van der Waals surface area contributed by atoms with E-state index in [0.717, 1.165) is 5.92 Å². The van der Waals surface area contributed by atoms with Crippen LogP contribution in [0.15, 0.2) is 24.7 Å². The van der Waals surface area contributed by atoms with E-state index in [2.05, 4.69) is 28.9 Å². The Balaban J connectivity index is 2.34. The monoisotopic (exact) mass is 172 g/mol. The predicted octanol–water partition coefficient (Wildman–Crippen LogP) is 2.45. The number of aromatic nitrogens is 2. The number of aryl methyl sites for hydroxylation is 1. The highest BCUT2D eigenvalue weighted by molar-refractivity contribution is 5.83. The van der Waals surface area contributed by atoms with Gasteiger partial charge in [-0.05, 0) is 30.4 Å². The minimum Gasteiger partial charge on any atom is -0.349 e. The lowest BCUT2D eigenvalue weighted by molar-refractivity contribution is 0.950. The molecule has 0 amide bonds. The summed E-state index contributed by atoms with van der Waals surface area (Å²) >= 11 is 0. The average Bonchev–Trinajstić information content (AvgIpc) is 2.94. The van der Waals surface area contributed by atoms with Crippen molar-refractivity contribution in [3.05, 3.63) is 30.2 Å². The number of fused-ring (bicyclic) bond motifs is 1. The first-order valence-corrected chi connectivity index (χ1v) is 4.75. The lowest BCUT2D eigenvalue weighted by Crippen LogP contribution is -1.83. The van der Waals surface area contributed by atoms with Crippen LogP contribution in [-0.2, 0) is 7.05 Å². The molecule has 0 spiro atoms. The lowest BCUT2D eigenvalue weighted by atomic mass is 10.1. The molecule has 0 bridgehead atoms. The number of hydrogen-bond acceptors (Lipinski definition) is 1. The quantitative estimate of drug-likeness (QED) is 0.646. The van der Waals surface area contributed by atoms with Gasteiger partial charge in [-0.3, -0.25) is 4.98 Å². The van der Waals surface area contributed by atoms with Crippen LogP contribution in [-0.4, -0.2) is 9.55 Å². The summed E-state index contributed by atoms with van der Waals surface area (Å²) in [5.41, 5.74) is 2.77. The fraction of sp³-hybridized carbons (Fsp3) is 0.364. The van der Waals surface area contributed by atoms with Gasteiger partial charge in [0.15, 0.2) is 0 Å². The van der Waals surface area contributed by atoms with E-state index >= 15 is 0 Å². The maximum absolute atomic E-state index is 4.15. The molecule has 1 fully saturated rings. The summed E-state index contributed by atoms with van der Waals surface area (Å²) in [6.07, 6.45) is 8.81. The molecule has 0 saturated heterocycles. The maximum Gasteiger partial charge on any atom is 0.0667 e. The van der Waals surface area contributed by atoms with Crippen molar-refractivity contribution in [2.75, 3.05) is 0 Å². The smallest absolute Gasteiger partial charge is 0.0667 e. The molecule has 0 N–H and O–H groups in total. The van der Waals surface area contributed by atoms with Crippen molar-refractivity contribution in [2.45, 2.75) is 18.8 Å². The van der Waals surface area contributed by atoms with Gasteiger partial charge in [0.25, 0.3) is 0 Å². The van der Waals surface area contributed by atoms with Crippen molar-refractivity contribution in [1.82, 2.24) is 9.55 Å². The molecule has 0 aliphatic heterocycles. The molecule has 66 valence electrons. The molecule has 0 unspecified atom stereocenters. The number of rotatable bonds is 1. The third kappa shape index (κ3) is 0.981. The van der Waals surface area contributed by atoms with Crippen LogP contribution in [0, 0.1) is 0 Å². The third-order valence-corrected chi connectivity index (χ3v) is 2.84. The van der Waals surface area contributed by atoms with Gasteiger partial charge >= 0.3 is 0 Å². The van der Waals surface area contributed by atoms with E-state index in [9.17, 15) is 0 Å². The topological polar surface area (TPSA) is 17.8 Å². The minimum atomic E-state index is 0.825. The van der Waals surface area contributed by atoms with E-state index in [0.29, 0.717) is 0 Å². The van der Waals surface area contributed by atoms with E-state index in [1.807, 2.05) is 12.4 Å². The SMILES string of the molecule is Cn1cc(C2CC2)c2ccncc21. The van der Waals surface area contributed by atoms with E-state index < -0.39 is 0 Å². The molecule has 2 aromatic rings. The van der Waals surface area contributed by atoms with Gasteiger partial charge in [0.1, 0.15) is 0 Å². The molecule has 1 saturated carbocycles. The van der Waals surface area contributed by atoms with Crippen LogP contribution in [0.3, 0.4) is 0 Å². The number of hydrogen-bond donors (Lipinski definition) is 0. The summed E-state index contributed by atoms with van der Waals surface area (Å²) in [6, 6.07) is 2.13. The highest BCUT2D eigenvalue weighted by atomic mass is 14.9. The van der Waals surface area contributed by atoms with Crippen molar-refractivity contribution in [3.8, 4) is 0 Å². The van der Waals surface area contributed by atoms with Gasteiger partial charge < -0.3 is 4.57 Å². The average molecular weight is 172 g/mol. The molecular formula is C11H12N2. The molecule has 1 aliphatic rings. The molecular weight excluding hydrogens is 160 g/mol. The Bertz CT molecular complexity index is 452. The molecule has 0 atom stereocenters. The molecule has 2 aromatic heterocycles. The second kappa shape index (κ2) is 2.34. The van der Waals surface area contributed by atoms with Gasteiger partial charge in [-0.15, -0.1) is 0 Å². The summed E-state index contributed by atoms with van der Waals surface area (Å²) in [5, 5.41) is 1.39. The van der Waals surface area contributed by atoms with Crippen molar-refractivity contribution in [1.29, 1.82) is 0 Å². The summed E-state index contributed by atoms with van der Waals surface area (Å²) in [7, 11) is 2.09. The van der Waals surface area contributed by atoms with Gasteiger partial charge in [0.05, 0.1) is 11.7 Å². The Morgan fingerprint density at radius 1 is 1.46 bits per heavy atom. The standard InChI is InChI=1S/C11H12N2/c1-13-7-10(8-2-3-8)9-4-5-12-6-11(9)13/h4-8H,2-3H2,1H3. The van der Waals surface area contributed by atoms with E-state index in [4.69, 9.17) is 0 Å². The summed E-state index contributed by atoms with van der Waals surface area (Å²) < 4.78 is 2.18. The van der Waals surface area contributed by atoms with Gasteiger partial charge in [0.2, 0.25) is 0 Å². The van der Waals surface area contributed by atoms with E-state index in [1.54, 1.807) is 0 Å². The molecule has 2 heterocycles. The highest BCUT2D eigenvalue weighted by Crippen LogP contribution is 2.43. The molecule has 3 rings (SSSR count). The molecule has 2 nitrogen and oxygen atoms in total. The predicted molar refractivity (Wildman–Crippen MR) is 52.7 cm³/mol. The Hall–Kier alpha value is -1.31. The number of nitrogens with zero attached hydrogens (tertiary/aromatic N) is 2. The highest BCUT2D eigenvalue weighted by Gasteiger charge is 2.26. The lowest BCUT2D eigenvalue weighted by Gasteiger charge is -1.93. The molecule has 2 heteroatoms. The van der Waals surface area contributed by atoms with Crippen molar-refractivity contribution < 1.29 is 0 Å². The van der Waals surface area contributed by atoms with Crippen LogP contribution in [0.4, 0.5) is 0 Å². The fourth-order valence-electron chi connectivity index (χ4n) is 1.98. The summed E-state index contributed by atoms with van der Waals surface area (Å²) in [4.78, 5) is 4.15. The van der Waals surface area contributed by atoms with Crippen molar-refractivity contribution >= 4 is 10.9 Å². The van der Waals surface area contributed by atoms with Crippen LogP contribution >= 0.6 is 0 Å². The zero-order chi connectivity index (χ0) is 8.84. The Morgan fingerprint density at radius 2 is 2.31 bits per heavy atom. The first-order chi connectivity index (χ1) is 6.36. The first kappa shape index (κ1) is 7.13. The second-order valence-electron chi connectivity index (χ2n) is 3.86. The van der Waals surface area contributed by atoms with Gasteiger partial charge in [-0.1, -0.05) is 0 Å². The van der Waals surface area contributed by atoms with Crippen LogP contribution in [0.5, 0.6) is 0 Å². The molecule has 0 aromatic carbocycles. The molecule has 13 heavy (non-hydrogen) atoms. The van der Waals surface area contributed by atoms with Gasteiger partial charge in [0, 0.05) is 24.8 Å². The number of pyridine rings is 1. The fourth-order valence-corrected chi connectivity index (χ4v) is 1.98. The van der Waals surface area contributed by atoms with Crippen LogP contribution in [0.25, 0.3) is 10.9 Å². The van der Waals surface area contributed by atoms with Crippen LogP contribution in [0.1, 0.15) is 24.3 Å². The normalized spacial score (nSPS) is 16.7. The van der Waals surface area contributed by atoms with Gasteiger partial charge in [-0.25, -0.2) is 0 Å². The third-order valence-electron chi connectivity index (χ3n) is 2.84. The molecule has 1 aliphatic carbocycles. The van der Waals surface area contributed by atoms with E-state index in [-0.39, 0.29) is 0 Å². The first-order valence-electron chi connectivity index (χ1n) is 4.75. The zero-order valence-electron chi connectivity index (χ0n) is 7.70. The Morgan fingerprint density at radius 3 is 3.08 bits per heavy atom. The van der Waals surface area contributed by atoms with Crippen molar-refractivity contribution in [2.24, 2.45) is 7.05 Å². The summed E-state index contributed by atoms with van der Waals surface area (Å²) in [5.74, 6) is 0.825. The zero-order valence-corrected chi connectivity index (χ0v) is 7.70. The Labute approximate surface area is 77.2 Å².